The SMILES string of the molecule is C=CC12CCC3(C(=O)C(=O)NC4(c5ccc(Cl)cc5)CC4)CC(=O)C(C(C)C)=C3C1CCC1C3(C)CCC(OC(=O)CC(C)(C)C(=O)O)C(C)(C)C3CCC12C. The average Bonchev–Trinajstić information content (AvgIpc) is 3.82. The van der Waals surface area contributed by atoms with Crippen molar-refractivity contribution < 1.29 is 33.8 Å². The van der Waals surface area contributed by atoms with E-state index in [2.05, 4.69) is 45.7 Å². The molecule has 0 spiro atoms. The van der Waals surface area contributed by atoms with E-state index >= 15 is 0 Å². The highest BCUT2D eigenvalue weighted by molar-refractivity contribution is 6.40. The van der Waals surface area contributed by atoms with Crippen LogP contribution in [0.2, 0.25) is 5.02 Å². The molecule has 5 saturated carbocycles. The van der Waals surface area contributed by atoms with Gasteiger partial charge < -0.3 is 15.2 Å². The molecular weight excluding hydrogens is 726 g/mol. The van der Waals surface area contributed by atoms with Crippen molar-refractivity contribution in [2.75, 3.05) is 0 Å². The molecular formula is C47H62ClNO7. The van der Waals surface area contributed by atoms with Crippen molar-refractivity contribution in [1.82, 2.24) is 5.32 Å². The van der Waals surface area contributed by atoms with Crippen LogP contribution in [-0.4, -0.2) is 40.6 Å². The largest absolute Gasteiger partial charge is 0.481 e. The third kappa shape index (κ3) is 5.83. The minimum atomic E-state index is -1.20. The maximum Gasteiger partial charge on any atom is 0.309 e. The van der Waals surface area contributed by atoms with Gasteiger partial charge in [-0.25, -0.2) is 0 Å². The van der Waals surface area contributed by atoms with Gasteiger partial charge in [0.1, 0.15) is 6.10 Å². The summed E-state index contributed by atoms with van der Waals surface area (Å²) >= 11 is 6.17. The summed E-state index contributed by atoms with van der Waals surface area (Å²) in [5.41, 5.74) is -1.29. The third-order valence-electron chi connectivity index (χ3n) is 16.8. The van der Waals surface area contributed by atoms with Crippen molar-refractivity contribution >= 4 is 41.0 Å². The highest BCUT2D eigenvalue weighted by Gasteiger charge is 2.72. The molecule has 56 heavy (non-hydrogen) atoms. The van der Waals surface area contributed by atoms with E-state index in [1.165, 1.54) is 0 Å². The summed E-state index contributed by atoms with van der Waals surface area (Å²) in [5.74, 6) is -2.12. The number of aliphatic carboxylic acids is 1. The minimum absolute atomic E-state index is 0.000781. The van der Waals surface area contributed by atoms with E-state index in [0.717, 1.165) is 61.7 Å². The molecule has 304 valence electrons. The lowest BCUT2D eigenvalue weighted by atomic mass is 9.32. The van der Waals surface area contributed by atoms with Crippen LogP contribution in [0.5, 0.6) is 0 Å². The second-order valence-corrected chi connectivity index (χ2v) is 21.1. The smallest absolute Gasteiger partial charge is 0.309 e. The summed E-state index contributed by atoms with van der Waals surface area (Å²) < 4.78 is 6.16. The molecule has 6 aliphatic rings. The zero-order chi connectivity index (χ0) is 41.0. The van der Waals surface area contributed by atoms with E-state index in [-0.39, 0.29) is 64.1 Å². The highest BCUT2D eigenvalue weighted by Crippen LogP contribution is 2.77. The Labute approximate surface area is 338 Å². The molecule has 0 saturated heterocycles. The van der Waals surface area contributed by atoms with Gasteiger partial charge in [-0.05, 0) is 141 Å². The predicted molar refractivity (Wildman–Crippen MR) is 215 cm³/mol. The van der Waals surface area contributed by atoms with Crippen LogP contribution in [0.4, 0.5) is 0 Å². The number of esters is 1. The number of ketones is 2. The van der Waals surface area contributed by atoms with Gasteiger partial charge in [0, 0.05) is 22.3 Å². The van der Waals surface area contributed by atoms with E-state index < -0.39 is 40.0 Å². The summed E-state index contributed by atoms with van der Waals surface area (Å²) in [6.45, 7) is 21.1. The molecule has 2 N–H and O–H groups in total. The first kappa shape index (κ1) is 40.9. The summed E-state index contributed by atoms with van der Waals surface area (Å²) in [4.78, 5) is 68.2. The summed E-state index contributed by atoms with van der Waals surface area (Å²) in [6.07, 6.45) is 9.54. The quantitative estimate of drug-likeness (QED) is 0.137. The number of carboxylic acid groups (broad SMARTS) is 1. The Balaban J connectivity index is 1.19. The lowest BCUT2D eigenvalue weighted by molar-refractivity contribution is -0.227. The molecule has 6 aliphatic carbocycles. The van der Waals surface area contributed by atoms with Crippen molar-refractivity contribution in [2.45, 2.75) is 144 Å². The fourth-order valence-corrected chi connectivity index (χ4v) is 13.9. The molecule has 0 aromatic heterocycles. The molecule has 0 bridgehead atoms. The fourth-order valence-electron chi connectivity index (χ4n) is 13.8. The molecule has 1 aromatic carbocycles. The molecule has 5 fully saturated rings. The number of hydrogen-bond donors (Lipinski definition) is 2. The summed E-state index contributed by atoms with van der Waals surface area (Å²) in [7, 11) is 0. The van der Waals surface area contributed by atoms with Gasteiger partial charge in [-0.2, -0.15) is 0 Å². The Bertz CT molecular complexity index is 1910. The number of halogens is 1. The van der Waals surface area contributed by atoms with Gasteiger partial charge in [-0.3, -0.25) is 24.0 Å². The molecule has 0 aliphatic heterocycles. The minimum Gasteiger partial charge on any atom is -0.481 e. The normalized spacial score (nSPS) is 36.7. The molecule has 8 nitrogen and oxygen atoms in total. The van der Waals surface area contributed by atoms with Gasteiger partial charge in [-0.15, -0.1) is 6.58 Å². The second-order valence-electron chi connectivity index (χ2n) is 20.7. The Morgan fingerprint density at radius 3 is 2.20 bits per heavy atom. The molecule has 8 atom stereocenters. The Kier molecular flexibility index (Phi) is 9.78. The number of benzene rings is 1. The van der Waals surface area contributed by atoms with E-state index in [4.69, 9.17) is 16.3 Å². The van der Waals surface area contributed by atoms with Crippen LogP contribution in [0.15, 0.2) is 48.1 Å². The maximum atomic E-state index is 14.9. The first-order valence-electron chi connectivity index (χ1n) is 21.0. The zero-order valence-corrected chi connectivity index (χ0v) is 35.5. The number of hydrogen-bond acceptors (Lipinski definition) is 6. The lowest BCUT2D eigenvalue weighted by Crippen LogP contribution is -2.66. The van der Waals surface area contributed by atoms with Gasteiger partial charge in [0.15, 0.2) is 5.78 Å². The molecule has 0 heterocycles. The van der Waals surface area contributed by atoms with Crippen molar-refractivity contribution in [3.8, 4) is 0 Å². The van der Waals surface area contributed by atoms with E-state index in [1.54, 1.807) is 13.8 Å². The number of allylic oxidation sites excluding steroid dienone is 3. The topological polar surface area (TPSA) is 127 Å². The predicted octanol–water partition coefficient (Wildman–Crippen LogP) is 9.57. The monoisotopic (exact) mass is 787 g/mol. The van der Waals surface area contributed by atoms with Crippen LogP contribution < -0.4 is 5.32 Å². The number of Topliss-reactive ketones (excluding diaryl/α,β-unsaturated/α-hetero) is 2. The highest BCUT2D eigenvalue weighted by atomic mass is 35.5. The molecule has 0 radical (unpaired) electrons. The number of carbonyl (C=O) groups is 5. The average molecular weight is 788 g/mol. The summed E-state index contributed by atoms with van der Waals surface area (Å²) in [6, 6.07) is 7.44. The zero-order valence-electron chi connectivity index (χ0n) is 34.7. The van der Waals surface area contributed by atoms with Crippen LogP contribution in [-0.2, 0) is 34.2 Å². The number of amides is 1. The molecule has 7 rings (SSSR count). The van der Waals surface area contributed by atoms with Gasteiger partial charge in [0.25, 0.3) is 5.91 Å². The maximum absolute atomic E-state index is 14.9. The molecule has 8 unspecified atom stereocenters. The first-order valence-corrected chi connectivity index (χ1v) is 21.4. The van der Waals surface area contributed by atoms with E-state index in [9.17, 15) is 29.1 Å². The number of ether oxygens (including phenoxy) is 1. The van der Waals surface area contributed by atoms with Crippen LogP contribution in [0, 0.1) is 56.2 Å². The van der Waals surface area contributed by atoms with Gasteiger partial charge >= 0.3 is 11.9 Å². The third-order valence-corrected chi connectivity index (χ3v) is 17.1. The molecule has 9 heteroatoms. The standard InChI is InChI=1S/C47H62ClNO7/c1-10-46-22-21-45(38(52)39(53)49-47(23-24-47)28-11-13-29(48)14-12-28)25-31(50)36(27(2)3)37(45)30(46)15-16-33-43(8)19-18-34(56-35(51)26-41(4,5)40(54)55)42(6,7)32(43)17-20-44(33,46)9/h10-14,27,30,32-34H,1,15-26H2,2-9H3,(H,49,53)(H,54,55). The van der Waals surface area contributed by atoms with Gasteiger partial charge in [-0.1, -0.05) is 71.4 Å². The van der Waals surface area contributed by atoms with Crippen molar-refractivity contribution in [1.29, 1.82) is 0 Å². The Morgan fingerprint density at radius 2 is 1.61 bits per heavy atom. The van der Waals surface area contributed by atoms with E-state index in [1.807, 2.05) is 38.1 Å². The number of rotatable bonds is 10. The first-order chi connectivity index (χ1) is 26.0. The van der Waals surface area contributed by atoms with E-state index in [0.29, 0.717) is 30.2 Å². The van der Waals surface area contributed by atoms with Gasteiger partial charge in [0.2, 0.25) is 5.78 Å². The Hall–Kier alpha value is -3.26. The number of fused-ring (bicyclic) bond motifs is 7. The number of nitrogens with one attached hydrogen (secondary N) is 1. The van der Waals surface area contributed by atoms with Crippen LogP contribution in [0.25, 0.3) is 0 Å². The van der Waals surface area contributed by atoms with Crippen molar-refractivity contribution in [3.63, 3.8) is 0 Å². The number of carboxylic acids is 1. The Morgan fingerprint density at radius 1 is 0.946 bits per heavy atom. The van der Waals surface area contributed by atoms with Crippen LogP contribution >= 0.6 is 11.6 Å². The second kappa shape index (κ2) is 13.4. The summed E-state index contributed by atoms with van der Waals surface area (Å²) in [5, 5.41) is 13.4. The van der Waals surface area contributed by atoms with Crippen molar-refractivity contribution in [3.05, 3.63) is 58.7 Å². The lowest BCUT2D eigenvalue weighted by Gasteiger charge is -2.72. The van der Waals surface area contributed by atoms with Crippen molar-refractivity contribution in [2.24, 2.45) is 56.2 Å². The van der Waals surface area contributed by atoms with Crippen LogP contribution in [0.3, 0.4) is 0 Å². The fraction of sp³-hybridized carbons (Fsp3) is 0.681. The number of carbonyl (C=O) groups excluding carboxylic acids is 4. The molecule has 1 amide bonds. The van der Waals surface area contributed by atoms with Gasteiger partial charge in [0.05, 0.1) is 22.8 Å². The van der Waals surface area contributed by atoms with Crippen LogP contribution in [0.1, 0.15) is 138 Å². The molecule has 1 aromatic rings.